The Morgan fingerprint density at radius 2 is 1.82 bits per heavy atom. The van der Waals surface area contributed by atoms with Crippen LogP contribution in [0.15, 0.2) is 57.7 Å². The molecule has 0 aliphatic rings. The molecule has 0 aliphatic heterocycles. The minimum absolute atomic E-state index is 0.0362. The molecule has 0 unspecified atom stereocenters. The summed E-state index contributed by atoms with van der Waals surface area (Å²) in [6, 6.07) is 13.2. The third-order valence-corrected chi connectivity index (χ3v) is 4.07. The molecule has 1 aromatic heterocycles. The molecule has 0 radical (unpaired) electrons. The maximum absolute atomic E-state index is 13.0. The van der Waals surface area contributed by atoms with Crippen LogP contribution in [0.5, 0.6) is 0 Å². The van der Waals surface area contributed by atoms with Crippen LogP contribution in [0.1, 0.15) is 11.1 Å². The van der Waals surface area contributed by atoms with E-state index >= 15 is 0 Å². The molecule has 0 saturated heterocycles. The minimum atomic E-state index is -0.748. The molecule has 0 spiro atoms. The van der Waals surface area contributed by atoms with Crippen molar-refractivity contribution in [1.82, 2.24) is 20.0 Å². The van der Waals surface area contributed by atoms with E-state index in [1.54, 1.807) is 0 Å². The van der Waals surface area contributed by atoms with E-state index in [-0.39, 0.29) is 18.3 Å². The maximum atomic E-state index is 13.0. The quantitative estimate of drug-likeness (QED) is 0.674. The molecule has 1 N–H and O–H groups in total. The summed E-state index contributed by atoms with van der Waals surface area (Å²) in [6.07, 6.45) is 0. The largest absolute Gasteiger partial charge is 0.437 e. The number of rotatable bonds is 7. The molecular weight excluding hydrogens is 363 g/mol. The highest BCUT2D eigenvalue weighted by Gasteiger charge is 2.14. The number of benzene rings is 2. The number of halogens is 1. The molecule has 7 nitrogen and oxygen atoms in total. The fourth-order valence-electron chi connectivity index (χ4n) is 2.73. The molecule has 1 heterocycles. The van der Waals surface area contributed by atoms with Crippen LogP contribution in [0.2, 0.25) is 0 Å². The normalized spacial score (nSPS) is 11.0. The van der Waals surface area contributed by atoms with Crippen molar-refractivity contribution < 1.29 is 13.6 Å². The number of nitrogens with zero attached hydrogens (tertiary/aromatic N) is 3. The Kier molecular flexibility index (Phi) is 6.00. The molecule has 0 bridgehead atoms. The summed E-state index contributed by atoms with van der Waals surface area (Å²) < 4.78 is 19.0. The van der Waals surface area contributed by atoms with E-state index in [9.17, 15) is 14.0 Å². The second-order valence-electron chi connectivity index (χ2n) is 6.62. The van der Waals surface area contributed by atoms with Gasteiger partial charge in [0.05, 0.1) is 0 Å². The molecule has 3 aromatic rings. The number of amides is 1. The Balaban J connectivity index is 1.64. The Hall–Kier alpha value is -3.26. The first kappa shape index (κ1) is 19.5. The molecule has 3 rings (SSSR count). The van der Waals surface area contributed by atoms with Crippen molar-refractivity contribution in [3.8, 4) is 11.5 Å². The van der Waals surface area contributed by atoms with Crippen LogP contribution in [0, 0.1) is 5.82 Å². The predicted octanol–water partition coefficient (Wildman–Crippen LogP) is 2.02. The third-order valence-electron chi connectivity index (χ3n) is 4.07. The molecule has 8 heteroatoms. The highest BCUT2D eigenvalue weighted by molar-refractivity contribution is 5.75. The molecule has 146 valence electrons. The summed E-state index contributed by atoms with van der Waals surface area (Å²) >= 11 is 0. The molecule has 1 amide bonds. The van der Waals surface area contributed by atoms with Crippen LogP contribution in [-0.4, -0.2) is 34.7 Å². The van der Waals surface area contributed by atoms with Gasteiger partial charge in [0.25, 0.3) is 0 Å². The van der Waals surface area contributed by atoms with Gasteiger partial charge >= 0.3 is 5.76 Å². The van der Waals surface area contributed by atoms with E-state index in [0.29, 0.717) is 12.1 Å². The van der Waals surface area contributed by atoms with Crippen LogP contribution in [-0.2, 0) is 24.4 Å². The lowest BCUT2D eigenvalue weighted by Crippen LogP contribution is -2.31. The van der Waals surface area contributed by atoms with E-state index in [1.807, 2.05) is 43.3 Å². The second-order valence-corrected chi connectivity index (χ2v) is 6.62. The van der Waals surface area contributed by atoms with Gasteiger partial charge < -0.3 is 14.6 Å². The van der Waals surface area contributed by atoms with Crippen LogP contribution in [0.3, 0.4) is 0 Å². The summed E-state index contributed by atoms with van der Waals surface area (Å²) in [7, 11) is 3.95. The maximum Gasteiger partial charge on any atom is 0.437 e. The van der Waals surface area contributed by atoms with Gasteiger partial charge in [0.2, 0.25) is 11.8 Å². The van der Waals surface area contributed by atoms with Gasteiger partial charge in [0, 0.05) is 18.7 Å². The molecule has 2 aromatic carbocycles. The third kappa shape index (κ3) is 4.92. The second kappa shape index (κ2) is 8.62. The number of carbonyl (C=O) groups excluding carboxylic acids is 1. The van der Waals surface area contributed by atoms with Crippen molar-refractivity contribution in [3.05, 3.63) is 76.0 Å². The smallest absolute Gasteiger partial charge is 0.388 e. The summed E-state index contributed by atoms with van der Waals surface area (Å²) in [5.41, 5.74) is 2.57. The van der Waals surface area contributed by atoms with Gasteiger partial charge in [-0.05, 0) is 49.5 Å². The summed E-state index contributed by atoms with van der Waals surface area (Å²) in [4.78, 5) is 26.2. The van der Waals surface area contributed by atoms with Gasteiger partial charge in [-0.1, -0.05) is 24.3 Å². The molecule has 0 fully saturated rings. The summed E-state index contributed by atoms with van der Waals surface area (Å²) in [6.45, 7) is 0.843. The van der Waals surface area contributed by atoms with E-state index in [2.05, 4.69) is 10.4 Å². The average Bonchev–Trinajstić information content (AvgIpc) is 3.01. The number of hydrogen-bond donors (Lipinski definition) is 1. The van der Waals surface area contributed by atoms with Crippen LogP contribution in [0.4, 0.5) is 4.39 Å². The fraction of sp³-hybridized carbons (Fsp3) is 0.250. The summed E-state index contributed by atoms with van der Waals surface area (Å²) in [5, 5.41) is 6.81. The highest BCUT2D eigenvalue weighted by atomic mass is 19.1. The van der Waals surface area contributed by atoms with Gasteiger partial charge in [-0.3, -0.25) is 4.79 Å². The van der Waals surface area contributed by atoms with Crippen molar-refractivity contribution in [2.24, 2.45) is 0 Å². The first-order valence-electron chi connectivity index (χ1n) is 8.74. The summed E-state index contributed by atoms with van der Waals surface area (Å²) in [5.74, 6) is -1.48. The van der Waals surface area contributed by atoms with E-state index < -0.39 is 11.6 Å². The number of aromatic nitrogens is 2. The molecule has 28 heavy (non-hydrogen) atoms. The first-order valence-corrected chi connectivity index (χ1v) is 8.74. The van der Waals surface area contributed by atoms with Crippen molar-refractivity contribution in [2.45, 2.75) is 19.6 Å². The molecule has 0 atom stereocenters. The Morgan fingerprint density at radius 3 is 2.50 bits per heavy atom. The number of nitrogens with one attached hydrogen (secondary N) is 1. The lowest BCUT2D eigenvalue weighted by atomic mass is 10.1. The van der Waals surface area contributed by atoms with Crippen LogP contribution < -0.4 is 11.1 Å². The van der Waals surface area contributed by atoms with E-state index in [1.165, 1.54) is 24.3 Å². The van der Waals surface area contributed by atoms with Gasteiger partial charge in [-0.25, -0.2) is 9.18 Å². The number of carbonyl (C=O) groups is 1. The minimum Gasteiger partial charge on any atom is -0.388 e. The predicted molar refractivity (Wildman–Crippen MR) is 102 cm³/mol. The fourth-order valence-corrected chi connectivity index (χ4v) is 2.73. The zero-order valence-electron chi connectivity index (χ0n) is 15.7. The lowest BCUT2D eigenvalue weighted by Gasteiger charge is -2.14. The van der Waals surface area contributed by atoms with Crippen molar-refractivity contribution >= 4 is 5.91 Å². The van der Waals surface area contributed by atoms with Crippen molar-refractivity contribution in [2.75, 3.05) is 14.1 Å². The van der Waals surface area contributed by atoms with Gasteiger partial charge in [0.1, 0.15) is 12.4 Å². The molecular formula is C20H21FN4O3. The zero-order valence-corrected chi connectivity index (χ0v) is 15.7. The van der Waals surface area contributed by atoms with Crippen molar-refractivity contribution in [1.29, 1.82) is 0 Å². The standard InChI is InChI=1S/C20H21FN4O3/c1-24(2)12-16-6-4-3-5-15(16)11-22-18(26)13-25-20(27)28-19(23-25)14-7-9-17(21)10-8-14/h3-10H,11-13H2,1-2H3,(H,22,26). The zero-order chi connectivity index (χ0) is 20.1. The lowest BCUT2D eigenvalue weighted by molar-refractivity contribution is -0.122. The van der Waals surface area contributed by atoms with Crippen LogP contribution in [0.25, 0.3) is 11.5 Å². The Morgan fingerprint density at radius 1 is 1.14 bits per heavy atom. The topological polar surface area (TPSA) is 80.4 Å². The molecule has 0 aliphatic carbocycles. The van der Waals surface area contributed by atoms with E-state index in [4.69, 9.17) is 4.42 Å². The Labute approximate surface area is 161 Å². The van der Waals surface area contributed by atoms with Gasteiger partial charge in [0.15, 0.2) is 0 Å². The highest BCUT2D eigenvalue weighted by Crippen LogP contribution is 2.15. The molecule has 0 saturated carbocycles. The van der Waals surface area contributed by atoms with Crippen molar-refractivity contribution in [3.63, 3.8) is 0 Å². The SMILES string of the molecule is CN(C)Cc1ccccc1CNC(=O)Cn1nc(-c2ccc(F)cc2)oc1=O. The Bertz CT molecular complexity index is 1010. The van der Waals surface area contributed by atoms with Gasteiger partial charge in [-0.15, -0.1) is 5.10 Å². The average molecular weight is 384 g/mol. The van der Waals surface area contributed by atoms with E-state index in [0.717, 1.165) is 22.4 Å². The van der Waals surface area contributed by atoms with Gasteiger partial charge in [-0.2, -0.15) is 4.68 Å². The number of hydrogen-bond acceptors (Lipinski definition) is 5. The first-order chi connectivity index (χ1) is 13.4. The monoisotopic (exact) mass is 384 g/mol. The van der Waals surface area contributed by atoms with Crippen LogP contribution >= 0.6 is 0 Å².